The topological polar surface area (TPSA) is 59.0 Å². The van der Waals surface area contributed by atoms with Crippen LogP contribution < -0.4 is 10.6 Å². The van der Waals surface area contributed by atoms with Crippen LogP contribution in [0.3, 0.4) is 0 Å². The number of carbonyl (C=O) groups excluding carboxylic acids is 1. The number of amides is 1. The van der Waals surface area contributed by atoms with E-state index in [0.29, 0.717) is 13.0 Å². The van der Waals surface area contributed by atoms with Crippen LogP contribution in [0.15, 0.2) is 0 Å². The second-order valence-corrected chi connectivity index (χ2v) is 6.32. The number of hydrogen-bond acceptors (Lipinski definition) is 3. The van der Waals surface area contributed by atoms with Crippen molar-refractivity contribution in [3.63, 3.8) is 0 Å². The van der Waals surface area contributed by atoms with Crippen LogP contribution in [-0.4, -0.2) is 28.3 Å². The maximum absolute atomic E-state index is 12.3. The molecule has 2 rings (SSSR count). The fourth-order valence-corrected chi connectivity index (χ4v) is 3.37. The first-order chi connectivity index (χ1) is 9.97. The summed E-state index contributed by atoms with van der Waals surface area (Å²) in [5, 5.41) is 10.9. The minimum Gasteiger partial charge on any atom is -0.352 e. The van der Waals surface area contributed by atoms with Crippen LogP contribution in [0, 0.1) is 13.8 Å². The van der Waals surface area contributed by atoms with Crippen LogP contribution in [0.4, 0.5) is 0 Å². The molecule has 1 saturated carbocycles. The molecule has 21 heavy (non-hydrogen) atoms. The summed E-state index contributed by atoms with van der Waals surface area (Å²) >= 11 is 0. The van der Waals surface area contributed by atoms with E-state index in [-0.39, 0.29) is 11.4 Å². The first-order valence-corrected chi connectivity index (χ1v) is 7.92. The first kappa shape index (κ1) is 16.0. The van der Waals surface area contributed by atoms with Crippen molar-refractivity contribution < 1.29 is 4.79 Å². The van der Waals surface area contributed by atoms with Crippen LogP contribution in [0.5, 0.6) is 0 Å². The largest absolute Gasteiger partial charge is 0.352 e. The van der Waals surface area contributed by atoms with Crippen LogP contribution >= 0.6 is 0 Å². The zero-order chi connectivity index (χ0) is 15.5. The Balaban J connectivity index is 1.92. The molecular weight excluding hydrogens is 264 g/mol. The first-order valence-electron chi connectivity index (χ1n) is 7.92. The van der Waals surface area contributed by atoms with Gasteiger partial charge in [-0.25, -0.2) is 0 Å². The number of nitrogens with one attached hydrogen (secondary N) is 2. The second-order valence-electron chi connectivity index (χ2n) is 6.32. The lowest BCUT2D eigenvalue weighted by Crippen LogP contribution is -2.48. The molecule has 2 N–H and O–H groups in total. The summed E-state index contributed by atoms with van der Waals surface area (Å²) in [5.74, 6) is 0.133. The molecule has 0 bridgehead atoms. The van der Waals surface area contributed by atoms with Gasteiger partial charge in [0, 0.05) is 36.8 Å². The molecule has 5 nitrogen and oxygen atoms in total. The number of carbonyl (C=O) groups is 1. The summed E-state index contributed by atoms with van der Waals surface area (Å²) in [6.45, 7) is 4.60. The van der Waals surface area contributed by atoms with Gasteiger partial charge in [0.2, 0.25) is 5.91 Å². The van der Waals surface area contributed by atoms with Crippen molar-refractivity contribution in [1.29, 1.82) is 0 Å². The number of nitrogens with zero attached hydrogens (tertiary/aromatic N) is 2. The summed E-state index contributed by atoms with van der Waals surface area (Å²) in [5.41, 5.74) is 3.25. The van der Waals surface area contributed by atoms with Crippen LogP contribution in [0.2, 0.25) is 0 Å². The van der Waals surface area contributed by atoms with Gasteiger partial charge in [-0.05, 0) is 33.7 Å². The molecule has 0 aliphatic heterocycles. The van der Waals surface area contributed by atoms with Crippen LogP contribution in [-0.2, 0) is 18.4 Å². The number of hydrogen-bond donors (Lipinski definition) is 2. The van der Waals surface area contributed by atoms with E-state index in [4.69, 9.17) is 0 Å². The SMILES string of the molecule is CNC1(CC(=O)NCc2c(C)nn(C)c2C)CCCCC1. The third-order valence-electron chi connectivity index (χ3n) is 4.96. The summed E-state index contributed by atoms with van der Waals surface area (Å²) in [4.78, 5) is 12.3. The third-order valence-corrected chi connectivity index (χ3v) is 4.96. The van der Waals surface area contributed by atoms with Gasteiger partial charge in [0.05, 0.1) is 5.69 Å². The zero-order valence-electron chi connectivity index (χ0n) is 13.8. The van der Waals surface area contributed by atoms with Crippen LogP contribution in [0.25, 0.3) is 0 Å². The molecule has 0 saturated heterocycles. The number of aryl methyl sites for hydroxylation is 2. The van der Waals surface area contributed by atoms with Gasteiger partial charge in [-0.2, -0.15) is 5.10 Å². The fourth-order valence-electron chi connectivity index (χ4n) is 3.37. The monoisotopic (exact) mass is 292 g/mol. The van der Waals surface area contributed by atoms with Gasteiger partial charge in [-0.3, -0.25) is 9.48 Å². The van der Waals surface area contributed by atoms with E-state index in [9.17, 15) is 4.79 Å². The lowest BCUT2D eigenvalue weighted by atomic mass is 9.79. The third kappa shape index (κ3) is 3.64. The van der Waals surface area contributed by atoms with E-state index in [1.807, 2.05) is 32.6 Å². The Labute approximate surface area is 127 Å². The zero-order valence-corrected chi connectivity index (χ0v) is 13.8. The van der Waals surface area contributed by atoms with E-state index in [1.54, 1.807) is 0 Å². The number of rotatable bonds is 5. The maximum atomic E-state index is 12.3. The summed E-state index contributed by atoms with van der Waals surface area (Å²) in [6, 6.07) is 0. The molecule has 1 aromatic rings. The van der Waals surface area contributed by atoms with E-state index >= 15 is 0 Å². The van der Waals surface area contributed by atoms with Crippen molar-refractivity contribution in [1.82, 2.24) is 20.4 Å². The highest BCUT2D eigenvalue weighted by Gasteiger charge is 2.32. The quantitative estimate of drug-likeness (QED) is 0.872. The average molecular weight is 292 g/mol. The molecule has 1 aliphatic carbocycles. The highest BCUT2D eigenvalue weighted by molar-refractivity contribution is 5.77. The Bertz CT molecular complexity index is 501. The molecule has 1 aromatic heterocycles. The Morgan fingerprint density at radius 3 is 2.48 bits per heavy atom. The second kappa shape index (κ2) is 6.60. The van der Waals surface area contributed by atoms with Crippen molar-refractivity contribution in [2.24, 2.45) is 7.05 Å². The molecule has 0 spiro atoms. The highest BCUT2D eigenvalue weighted by Crippen LogP contribution is 2.30. The molecular formula is C16H28N4O. The Morgan fingerprint density at radius 1 is 1.29 bits per heavy atom. The van der Waals surface area contributed by atoms with Crippen molar-refractivity contribution in [3.8, 4) is 0 Å². The van der Waals surface area contributed by atoms with Gasteiger partial charge in [-0.15, -0.1) is 0 Å². The average Bonchev–Trinajstić information content (AvgIpc) is 2.71. The maximum Gasteiger partial charge on any atom is 0.222 e. The summed E-state index contributed by atoms with van der Waals surface area (Å²) < 4.78 is 1.87. The molecule has 1 aliphatic rings. The van der Waals surface area contributed by atoms with Crippen molar-refractivity contribution in [3.05, 3.63) is 17.0 Å². The molecule has 1 amide bonds. The van der Waals surface area contributed by atoms with Gasteiger partial charge in [0.1, 0.15) is 0 Å². The lowest BCUT2D eigenvalue weighted by Gasteiger charge is -2.36. The van der Waals surface area contributed by atoms with Crippen molar-refractivity contribution >= 4 is 5.91 Å². The lowest BCUT2D eigenvalue weighted by molar-refractivity contribution is -0.123. The normalized spacial score (nSPS) is 17.7. The van der Waals surface area contributed by atoms with Crippen molar-refractivity contribution in [2.75, 3.05) is 7.05 Å². The molecule has 1 heterocycles. The molecule has 0 aromatic carbocycles. The van der Waals surface area contributed by atoms with E-state index in [2.05, 4.69) is 15.7 Å². The van der Waals surface area contributed by atoms with E-state index in [0.717, 1.165) is 29.8 Å². The Hall–Kier alpha value is -1.36. The highest BCUT2D eigenvalue weighted by atomic mass is 16.1. The van der Waals surface area contributed by atoms with Crippen molar-refractivity contribution in [2.45, 2.75) is 64.5 Å². The molecule has 1 fully saturated rings. The Morgan fingerprint density at radius 2 is 1.95 bits per heavy atom. The molecule has 0 atom stereocenters. The van der Waals surface area contributed by atoms with Gasteiger partial charge in [-0.1, -0.05) is 19.3 Å². The molecule has 118 valence electrons. The predicted molar refractivity (Wildman–Crippen MR) is 84.0 cm³/mol. The summed E-state index contributed by atoms with van der Waals surface area (Å²) in [7, 11) is 3.92. The Kier molecular flexibility index (Phi) is 5.04. The molecule has 0 radical (unpaired) electrons. The predicted octanol–water partition coefficient (Wildman–Crippen LogP) is 1.97. The smallest absolute Gasteiger partial charge is 0.222 e. The van der Waals surface area contributed by atoms with E-state index in [1.165, 1.54) is 19.3 Å². The minimum atomic E-state index is 0.00135. The molecule has 0 unspecified atom stereocenters. The van der Waals surface area contributed by atoms with Crippen LogP contribution in [0.1, 0.15) is 55.5 Å². The molecule has 5 heteroatoms. The fraction of sp³-hybridized carbons (Fsp3) is 0.750. The van der Waals surface area contributed by atoms with Gasteiger partial charge >= 0.3 is 0 Å². The van der Waals surface area contributed by atoms with E-state index < -0.39 is 0 Å². The number of aromatic nitrogens is 2. The van der Waals surface area contributed by atoms with Gasteiger partial charge in [0.25, 0.3) is 0 Å². The minimum absolute atomic E-state index is 0.00135. The standard InChI is InChI=1S/C16H28N4O/c1-12-14(13(2)20(4)19-12)11-18-15(21)10-16(17-3)8-6-5-7-9-16/h17H,5-11H2,1-4H3,(H,18,21). The summed E-state index contributed by atoms with van der Waals surface area (Å²) in [6.07, 6.45) is 6.49. The van der Waals surface area contributed by atoms with Gasteiger partial charge < -0.3 is 10.6 Å². The van der Waals surface area contributed by atoms with Gasteiger partial charge in [0.15, 0.2) is 0 Å².